The minimum absolute atomic E-state index is 0.0174. The van der Waals surface area contributed by atoms with Gasteiger partial charge in [-0.2, -0.15) is 0 Å². The average molecular weight is 304 g/mol. The molecule has 0 radical (unpaired) electrons. The number of aliphatic hydroxyl groups excluding tert-OH is 1. The molecule has 2 nitrogen and oxygen atoms in total. The van der Waals surface area contributed by atoms with Gasteiger partial charge in [-0.15, -0.1) is 0 Å². The third-order valence-corrected chi connectivity index (χ3v) is 9.10. The molecule has 22 heavy (non-hydrogen) atoms. The Kier molecular flexibility index (Phi) is 2.92. The summed E-state index contributed by atoms with van der Waals surface area (Å²) in [5.41, 5.74) is 0.815. The van der Waals surface area contributed by atoms with Gasteiger partial charge in [0.1, 0.15) is 0 Å². The first-order chi connectivity index (χ1) is 10.5. The average Bonchev–Trinajstić information content (AvgIpc) is 2.80. The summed E-state index contributed by atoms with van der Waals surface area (Å²) in [7, 11) is 0. The van der Waals surface area contributed by atoms with Gasteiger partial charge < -0.3 is 9.84 Å². The number of rotatable bonds is 0. The van der Waals surface area contributed by atoms with E-state index in [1.54, 1.807) is 0 Å². The van der Waals surface area contributed by atoms with E-state index in [4.69, 9.17) is 4.74 Å². The van der Waals surface area contributed by atoms with Crippen molar-refractivity contribution < 1.29 is 9.84 Å². The monoisotopic (exact) mass is 304 g/mol. The number of fused-ring (bicyclic) bond motifs is 4. The van der Waals surface area contributed by atoms with Crippen LogP contribution in [0.3, 0.4) is 0 Å². The molecule has 0 aromatic heterocycles. The molecule has 1 N–H and O–H groups in total. The van der Waals surface area contributed by atoms with E-state index >= 15 is 0 Å². The van der Waals surface area contributed by atoms with E-state index in [0.717, 1.165) is 42.4 Å². The SMILES string of the molecule is C[C@H]1O[C@]23CC[C@H]4[C@@H](CC[C@H]5C[C@@H](O)CC[C@@]54C)[C@@H]2CCC13. The van der Waals surface area contributed by atoms with Crippen LogP contribution in [0.2, 0.25) is 0 Å². The van der Waals surface area contributed by atoms with Crippen molar-refractivity contribution in [2.75, 3.05) is 0 Å². The first-order valence-electron chi connectivity index (χ1n) is 9.90. The summed E-state index contributed by atoms with van der Waals surface area (Å²) < 4.78 is 6.45. The van der Waals surface area contributed by atoms with E-state index in [1.807, 2.05) is 0 Å². The summed E-state index contributed by atoms with van der Waals surface area (Å²) >= 11 is 0. The van der Waals surface area contributed by atoms with Crippen molar-refractivity contribution >= 4 is 0 Å². The second-order valence-electron chi connectivity index (χ2n) is 9.59. The predicted octanol–water partition coefficient (Wildman–Crippen LogP) is 4.16. The van der Waals surface area contributed by atoms with Gasteiger partial charge in [0, 0.05) is 5.92 Å². The highest BCUT2D eigenvalue weighted by molar-refractivity contribution is 5.16. The van der Waals surface area contributed by atoms with Crippen LogP contribution in [-0.4, -0.2) is 22.9 Å². The van der Waals surface area contributed by atoms with Crippen LogP contribution in [0.5, 0.6) is 0 Å². The Morgan fingerprint density at radius 1 is 0.909 bits per heavy atom. The highest BCUT2D eigenvalue weighted by atomic mass is 16.5. The molecule has 5 fully saturated rings. The number of aliphatic hydroxyl groups is 1. The van der Waals surface area contributed by atoms with Crippen LogP contribution >= 0.6 is 0 Å². The van der Waals surface area contributed by atoms with Crippen LogP contribution < -0.4 is 0 Å². The van der Waals surface area contributed by atoms with Gasteiger partial charge in [0.25, 0.3) is 0 Å². The zero-order chi connectivity index (χ0) is 15.1. The maximum absolute atomic E-state index is 10.1. The molecule has 1 spiro atoms. The molecular weight excluding hydrogens is 272 g/mol. The lowest BCUT2D eigenvalue weighted by molar-refractivity contribution is -0.289. The molecular formula is C20H32O2. The molecule has 1 aliphatic heterocycles. The number of hydrogen-bond acceptors (Lipinski definition) is 2. The fourth-order valence-corrected chi connectivity index (χ4v) is 8.11. The van der Waals surface area contributed by atoms with Crippen LogP contribution in [0.1, 0.15) is 71.6 Å². The lowest BCUT2D eigenvalue weighted by atomic mass is 9.45. The van der Waals surface area contributed by atoms with Gasteiger partial charge >= 0.3 is 0 Å². The summed E-state index contributed by atoms with van der Waals surface area (Å²) in [5.74, 6) is 4.34. The van der Waals surface area contributed by atoms with Gasteiger partial charge in [0.05, 0.1) is 17.8 Å². The summed E-state index contributed by atoms with van der Waals surface area (Å²) in [5, 5.41) is 10.1. The summed E-state index contributed by atoms with van der Waals surface area (Å²) in [6, 6.07) is 0. The van der Waals surface area contributed by atoms with Crippen molar-refractivity contribution in [3.63, 3.8) is 0 Å². The second-order valence-corrected chi connectivity index (χ2v) is 9.59. The van der Waals surface area contributed by atoms with Gasteiger partial charge in [0.2, 0.25) is 0 Å². The van der Waals surface area contributed by atoms with Crippen LogP contribution in [0.15, 0.2) is 0 Å². The molecule has 1 unspecified atom stereocenters. The Hall–Kier alpha value is -0.0800. The largest absolute Gasteiger partial charge is 0.393 e. The maximum Gasteiger partial charge on any atom is 0.0769 e. The summed E-state index contributed by atoms with van der Waals surface area (Å²) in [6.07, 6.45) is 12.2. The van der Waals surface area contributed by atoms with Crippen molar-refractivity contribution in [3.05, 3.63) is 0 Å². The van der Waals surface area contributed by atoms with Crippen LogP contribution in [0.4, 0.5) is 0 Å². The second kappa shape index (κ2) is 4.51. The lowest BCUT2D eigenvalue weighted by Gasteiger charge is -2.64. The first kappa shape index (κ1) is 14.3. The van der Waals surface area contributed by atoms with E-state index in [9.17, 15) is 5.11 Å². The molecule has 4 saturated carbocycles. The summed E-state index contributed by atoms with van der Waals surface area (Å²) in [6.45, 7) is 4.88. The van der Waals surface area contributed by atoms with Crippen molar-refractivity contribution in [2.45, 2.75) is 89.4 Å². The van der Waals surface area contributed by atoms with Crippen LogP contribution in [-0.2, 0) is 4.74 Å². The molecule has 124 valence electrons. The van der Waals surface area contributed by atoms with Gasteiger partial charge in [0.15, 0.2) is 0 Å². The third kappa shape index (κ3) is 1.59. The van der Waals surface area contributed by atoms with Gasteiger partial charge in [-0.1, -0.05) is 6.92 Å². The molecule has 5 rings (SSSR count). The highest BCUT2D eigenvalue weighted by Gasteiger charge is 2.67. The van der Waals surface area contributed by atoms with Crippen molar-refractivity contribution in [1.29, 1.82) is 0 Å². The first-order valence-corrected chi connectivity index (χ1v) is 9.90. The molecule has 1 saturated heterocycles. The van der Waals surface area contributed by atoms with Crippen molar-refractivity contribution in [3.8, 4) is 0 Å². The van der Waals surface area contributed by atoms with E-state index < -0.39 is 0 Å². The van der Waals surface area contributed by atoms with Gasteiger partial charge in [-0.25, -0.2) is 0 Å². The molecule has 4 aliphatic carbocycles. The summed E-state index contributed by atoms with van der Waals surface area (Å²) in [4.78, 5) is 0. The Morgan fingerprint density at radius 3 is 2.55 bits per heavy atom. The van der Waals surface area contributed by atoms with Crippen molar-refractivity contribution in [2.24, 2.45) is 35.0 Å². The van der Waals surface area contributed by atoms with Crippen molar-refractivity contribution in [1.82, 2.24) is 0 Å². The Bertz CT molecular complexity index is 476. The minimum Gasteiger partial charge on any atom is -0.393 e. The smallest absolute Gasteiger partial charge is 0.0769 e. The molecule has 2 heteroatoms. The maximum atomic E-state index is 10.1. The fourth-order valence-electron chi connectivity index (χ4n) is 8.11. The standard InChI is InChI=1S/C20H32O2/c1-12-16-5-6-18-15-4-3-13-11-14(21)7-9-19(13,2)17(15)8-10-20(16,18)22-12/h12-18,21H,3-11H2,1-2H3/t12-,13+,14+,15-,16?,17+,18+,19+,20+/m1/s1. The predicted molar refractivity (Wildman–Crippen MR) is 86.4 cm³/mol. The Labute approximate surface area is 135 Å². The van der Waals surface area contributed by atoms with Crippen LogP contribution in [0.25, 0.3) is 0 Å². The molecule has 1 heterocycles. The molecule has 0 aromatic carbocycles. The van der Waals surface area contributed by atoms with E-state index in [1.165, 1.54) is 44.9 Å². The fraction of sp³-hybridized carbons (Fsp3) is 1.00. The topological polar surface area (TPSA) is 29.5 Å². The molecule has 0 aromatic rings. The number of hydrogen-bond donors (Lipinski definition) is 1. The normalized spacial score (nSPS) is 63.1. The lowest BCUT2D eigenvalue weighted by Crippen LogP contribution is -2.65. The molecule has 0 amide bonds. The van der Waals surface area contributed by atoms with Crippen LogP contribution in [0, 0.1) is 35.0 Å². The quantitative estimate of drug-likeness (QED) is 0.728. The van der Waals surface area contributed by atoms with E-state index in [2.05, 4.69) is 13.8 Å². The molecule has 0 bridgehead atoms. The highest BCUT2D eigenvalue weighted by Crippen LogP contribution is 2.68. The molecule has 9 atom stereocenters. The van der Waals surface area contributed by atoms with Gasteiger partial charge in [-0.05, 0) is 93.8 Å². The zero-order valence-corrected chi connectivity index (χ0v) is 14.3. The Balaban J connectivity index is 1.44. The number of ether oxygens (including phenoxy) is 1. The van der Waals surface area contributed by atoms with Gasteiger partial charge in [-0.3, -0.25) is 0 Å². The molecule has 5 aliphatic rings. The van der Waals surface area contributed by atoms with E-state index in [-0.39, 0.29) is 6.10 Å². The van der Waals surface area contributed by atoms with E-state index in [0.29, 0.717) is 17.1 Å². The third-order valence-electron chi connectivity index (χ3n) is 9.10. The zero-order valence-electron chi connectivity index (χ0n) is 14.3. The minimum atomic E-state index is -0.0174. The Morgan fingerprint density at radius 2 is 1.73 bits per heavy atom.